The second-order valence-corrected chi connectivity index (χ2v) is 9.05. The van der Waals surface area contributed by atoms with Gasteiger partial charge in [0.05, 0.1) is 11.1 Å². The molecule has 3 aromatic heterocycles. The number of nitrogens with zero attached hydrogens (tertiary/aromatic N) is 5. The number of nitrogens with one attached hydrogen (secondary N) is 1. The van der Waals surface area contributed by atoms with Gasteiger partial charge < -0.3 is 10.2 Å². The summed E-state index contributed by atoms with van der Waals surface area (Å²) in [6.45, 7) is 1.47. The third-order valence-electron chi connectivity index (χ3n) is 6.16. The van der Waals surface area contributed by atoms with Crippen LogP contribution in [-0.4, -0.2) is 38.7 Å². The molecule has 4 aromatic rings. The third-order valence-corrected chi connectivity index (χ3v) is 6.37. The number of hydrogen-bond acceptors (Lipinski definition) is 5. The van der Waals surface area contributed by atoms with Crippen LogP contribution >= 0.6 is 11.6 Å². The van der Waals surface area contributed by atoms with E-state index in [-0.39, 0.29) is 34.8 Å². The summed E-state index contributed by atoms with van der Waals surface area (Å²) < 4.78 is 81.5. The maximum absolute atomic E-state index is 13.4. The normalized spacial score (nSPS) is 15.4. The van der Waals surface area contributed by atoms with Crippen molar-refractivity contribution in [2.75, 3.05) is 23.3 Å². The van der Waals surface area contributed by atoms with E-state index in [1.807, 2.05) is 6.07 Å². The molecule has 0 aliphatic carbocycles. The van der Waals surface area contributed by atoms with Crippen molar-refractivity contribution in [3.05, 3.63) is 71.1 Å². The van der Waals surface area contributed by atoms with Gasteiger partial charge in [-0.05, 0) is 60.9 Å². The number of anilines is 2. The van der Waals surface area contributed by atoms with Gasteiger partial charge in [-0.15, -0.1) is 5.10 Å². The lowest BCUT2D eigenvalue weighted by molar-refractivity contribution is -0.143. The fourth-order valence-electron chi connectivity index (χ4n) is 4.36. The first-order valence-corrected chi connectivity index (χ1v) is 11.6. The van der Waals surface area contributed by atoms with Crippen molar-refractivity contribution in [2.45, 2.75) is 31.2 Å². The topological polar surface area (TPSA) is 58.4 Å². The van der Waals surface area contributed by atoms with Crippen molar-refractivity contribution < 1.29 is 26.3 Å². The van der Waals surface area contributed by atoms with Crippen molar-refractivity contribution in [1.29, 1.82) is 0 Å². The minimum Gasteiger partial charge on any atom is -0.371 e. The molecule has 1 N–H and O–H groups in total. The van der Waals surface area contributed by atoms with E-state index in [0.29, 0.717) is 17.3 Å². The van der Waals surface area contributed by atoms with Gasteiger partial charge in [0.25, 0.3) is 0 Å². The van der Waals surface area contributed by atoms with Crippen LogP contribution in [0, 0.1) is 0 Å². The first-order chi connectivity index (χ1) is 17.5. The molecule has 37 heavy (non-hydrogen) atoms. The van der Waals surface area contributed by atoms with Crippen LogP contribution in [0.3, 0.4) is 0 Å². The van der Waals surface area contributed by atoms with Gasteiger partial charge in [-0.3, -0.25) is 0 Å². The summed E-state index contributed by atoms with van der Waals surface area (Å²) in [7, 11) is 0. The van der Waals surface area contributed by atoms with Crippen LogP contribution in [0.25, 0.3) is 16.8 Å². The highest BCUT2D eigenvalue weighted by molar-refractivity contribution is 6.29. The molecule has 0 atom stereocenters. The minimum atomic E-state index is -4.95. The molecule has 0 saturated carbocycles. The Labute approximate surface area is 211 Å². The van der Waals surface area contributed by atoms with Crippen LogP contribution in [0.4, 0.5) is 38.0 Å². The Kier molecular flexibility index (Phi) is 6.38. The Morgan fingerprint density at radius 2 is 1.59 bits per heavy atom. The molecular weight excluding hydrogens is 522 g/mol. The Hall–Kier alpha value is -3.54. The molecule has 6 nitrogen and oxygen atoms in total. The molecule has 0 radical (unpaired) electrons. The number of benzene rings is 1. The lowest BCUT2D eigenvalue weighted by Crippen LogP contribution is -2.39. The molecule has 1 aliphatic rings. The number of rotatable bonds is 4. The first-order valence-electron chi connectivity index (χ1n) is 11.3. The molecule has 4 heterocycles. The number of halogens is 7. The monoisotopic (exact) mass is 540 g/mol. The lowest BCUT2D eigenvalue weighted by Gasteiger charge is -2.33. The minimum absolute atomic E-state index is 0.0276. The number of aromatic nitrogens is 4. The Bertz CT molecular complexity index is 1390. The molecule has 1 saturated heterocycles. The van der Waals surface area contributed by atoms with Crippen molar-refractivity contribution in [1.82, 2.24) is 19.6 Å². The summed E-state index contributed by atoms with van der Waals surface area (Å²) in [6, 6.07) is 8.09. The van der Waals surface area contributed by atoms with E-state index in [1.165, 1.54) is 22.8 Å². The maximum atomic E-state index is 13.4. The van der Waals surface area contributed by atoms with Gasteiger partial charge in [-0.25, -0.2) is 9.50 Å². The zero-order valence-corrected chi connectivity index (χ0v) is 19.7. The quantitative estimate of drug-likeness (QED) is 0.235. The van der Waals surface area contributed by atoms with E-state index in [2.05, 4.69) is 25.3 Å². The van der Waals surface area contributed by atoms with Gasteiger partial charge in [-0.2, -0.15) is 31.3 Å². The average molecular weight is 541 g/mol. The molecule has 0 amide bonds. The molecule has 0 spiro atoms. The predicted molar refractivity (Wildman–Crippen MR) is 127 cm³/mol. The molecule has 1 fully saturated rings. The predicted octanol–water partition coefficient (Wildman–Crippen LogP) is 6.56. The number of fused-ring (bicyclic) bond motifs is 1. The van der Waals surface area contributed by atoms with Crippen LogP contribution in [0.2, 0.25) is 5.15 Å². The lowest BCUT2D eigenvalue weighted by atomic mass is 10.00. The van der Waals surface area contributed by atoms with Crippen LogP contribution < -0.4 is 10.2 Å². The van der Waals surface area contributed by atoms with Gasteiger partial charge in [-0.1, -0.05) is 11.6 Å². The highest BCUT2D eigenvalue weighted by atomic mass is 35.5. The van der Waals surface area contributed by atoms with Crippen LogP contribution in [0.1, 0.15) is 24.0 Å². The smallest absolute Gasteiger partial charge is 0.371 e. The Morgan fingerprint density at radius 3 is 2.22 bits per heavy atom. The number of piperidine rings is 1. The molecule has 13 heteroatoms. The SMILES string of the molecule is FC(F)(F)c1cc(-c2cccn3nc(NC4CCN(c5ccnc(Cl)c5)CC4)nc23)cc(C(F)(F)F)c1. The van der Waals surface area contributed by atoms with E-state index >= 15 is 0 Å². The van der Waals surface area contributed by atoms with Crippen molar-refractivity contribution in [3.8, 4) is 11.1 Å². The standard InChI is InChI=1S/C24H19ClF6N6/c25-20-13-18(3-6-32-20)36-8-4-17(5-9-36)33-22-34-21-19(2-1-7-37(21)35-22)14-10-15(23(26,27)28)12-16(11-14)24(29,30)31/h1-3,6-7,10-13,17H,4-5,8-9H2,(H,33,35). The van der Waals surface area contributed by atoms with Gasteiger partial charge >= 0.3 is 12.4 Å². The number of alkyl halides is 6. The molecule has 1 aromatic carbocycles. The third kappa shape index (κ3) is 5.43. The fourth-order valence-corrected chi connectivity index (χ4v) is 4.52. The van der Waals surface area contributed by atoms with Gasteiger partial charge in [0.15, 0.2) is 5.65 Å². The van der Waals surface area contributed by atoms with Crippen molar-refractivity contribution in [3.63, 3.8) is 0 Å². The maximum Gasteiger partial charge on any atom is 0.416 e. The van der Waals surface area contributed by atoms with Gasteiger partial charge in [0.2, 0.25) is 5.95 Å². The number of hydrogen-bond donors (Lipinski definition) is 1. The molecule has 5 rings (SSSR count). The van der Waals surface area contributed by atoms with Gasteiger partial charge in [0, 0.05) is 42.8 Å². The first kappa shape index (κ1) is 25.1. The Balaban J connectivity index is 1.40. The van der Waals surface area contributed by atoms with E-state index in [0.717, 1.165) is 31.6 Å². The van der Waals surface area contributed by atoms with Crippen molar-refractivity contribution >= 4 is 28.9 Å². The van der Waals surface area contributed by atoms with E-state index < -0.39 is 23.5 Å². The van der Waals surface area contributed by atoms with Crippen molar-refractivity contribution in [2.24, 2.45) is 0 Å². The zero-order valence-electron chi connectivity index (χ0n) is 19.0. The molecule has 194 valence electrons. The van der Waals surface area contributed by atoms with E-state index in [4.69, 9.17) is 11.6 Å². The molecular formula is C24H19ClF6N6. The second kappa shape index (κ2) is 9.40. The highest BCUT2D eigenvalue weighted by Gasteiger charge is 2.37. The average Bonchev–Trinajstić information content (AvgIpc) is 3.25. The summed E-state index contributed by atoms with van der Waals surface area (Å²) in [5, 5.41) is 7.98. The van der Waals surface area contributed by atoms with Crippen LogP contribution in [0.15, 0.2) is 54.9 Å². The molecule has 0 unspecified atom stereocenters. The van der Waals surface area contributed by atoms with E-state index in [1.54, 1.807) is 12.3 Å². The summed E-state index contributed by atoms with van der Waals surface area (Å²) in [5.41, 5.74) is -1.83. The summed E-state index contributed by atoms with van der Waals surface area (Å²) in [5.74, 6) is 0.237. The van der Waals surface area contributed by atoms with Crippen LogP contribution in [-0.2, 0) is 12.4 Å². The summed E-state index contributed by atoms with van der Waals surface area (Å²) in [6.07, 6.45) is -5.21. The second-order valence-electron chi connectivity index (χ2n) is 8.66. The number of pyridine rings is 2. The van der Waals surface area contributed by atoms with Gasteiger partial charge in [0.1, 0.15) is 5.15 Å². The van der Waals surface area contributed by atoms with Crippen LogP contribution in [0.5, 0.6) is 0 Å². The summed E-state index contributed by atoms with van der Waals surface area (Å²) >= 11 is 5.98. The van der Waals surface area contributed by atoms with E-state index in [9.17, 15) is 26.3 Å². The summed E-state index contributed by atoms with van der Waals surface area (Å²) in [4.78, 5) is 10.6. The molecule has 0 bridgehead atoms. The fraction of sp³-hybridized carbons (Fsp3) is 0.292. The highest BCUT2D eigenvalue weighted by Crippen LogP contribution is 2.39. The Morgan fingerprint density at radius 1 is 0.919 bits per heavy atom. The zero-order chi connectivity index (χ0) is 26.4. The largest absolute Gasteiger partial charge is 0.416 e. The molecule has 1 aliphatic heterocycles.